The number of alkyl halides is 3. The quantitative estimate of drug-likeness (QED) is 0.311. The summed E-state index contributed by atoms with van der Waals surface area (Å²) < 4.78 is 85.8. The monoisotopic (exact) mass is 640 g/mol. The molecule has 1 aromatic heterocycles. The Hall–Kier alpha value is -3.39. The molecule has 0 radical (unpaired) electrons. The highest BCUT2D eigenvalue weighted by Gasteiger charge is 2.41. The van der Waals surface area contributed by atoms with Crippen LogP contribution in [-0.4, -0.2) is 70.3 Å². The molecule has 1 saturated heterocycles. The van der Waals surface area contributed by atoms with E-state index in [1.54, 1.807) is 44.4 Å². The molecule has 44 heavy (non-hydrogen) atoms. The van der Waals surface area contributed by atoms with E-state index in [4.69, 9.17) is 9.47 Å². The number of piperazine rings is 1. The number of halogens is 5. The molecule has 8 nitrogen and oxygen atoms in total. The molecule has 0 N–H and O–H groups in total. The van der Waals surface area contributed by atoms with Gasteiger partial charge in [0, 0.05) is 53.4 Å². The molecule has 3 heterocycles. The first kappa shape index (κ1) is 32.0. The van der Waals surface area contributed by atoms with Crippen LogP contribution in [0.25, 0.3) is 22.0 Å². The Labute approximate surface area is 255 Å². The third kappa shape index (κ3) is 5.97. The number of benzene rings is 2. The summed E-state index contributed by atoms with van der Waals surface area (Å²) in [5, 5.41) is 0.0487. The molecular weight excluding hydrogens is 607 g/mol. The minimum Gasteiger partial charge on any atom is -0.444 e. The van der Waals surface area contributed by atoms with Crippen LogP contribution in [0.15, 0.2) is 34.0 Å². The molecule has 0 saturated carbocycles. The maximum Gasteiger partial charge on any atom is 0.417 e. The molecule has 0 unspecified atom stereocenters. The van der Waals surface area contributed by atoms with E-state index in [1.165, 1.54) is 11.7 Å². The average Bonchev–Trinajstić information content (AvgIpc) is 3.09. The first-order valence-electron chi connectivity index (χ1n) is 14.1. The van der Waals surface area contributed by atoms with E-state index in [-0.39, 0.29) is 47.0 Å². The van der Waals surface area contributed by atoms with Gasteiger partial charge in [-0.05, 0) is 52.8 Å². The molecule has 14 heteroatoms. The summed E-state index contributed by atoms with van der Waals surface area (Å²) in [6.45, 7) is 9.15. The highest BCUT2D eigenvalue weighted by molar-refractivity contribution is 7.99. The van der Waals surface area contributed by atoms with Gasteiger partial charge in [0.1, 0.15) is 23.1 Å². The molecule has 0 aliphatic carbocycles. The van der Waals surface area contributed by atoms with Crippen LogP contribution in [0.1, 0.15) is 40.2 Å². The van der Waals surface area contributed by atoms with Crippen LogP contribution in [-0.2, 0) is 22.2 Å². The Morgan fingerprint density at radius 2 is 1.70 bits per heavy atom. The number of carbonyl (C=O) groups excluding carboxylic acids is 1. The van der Waals surface area contributed by atoms with Crippen molar-refractivity contribution < 1.29 is 36.2 Å². The lowest BCUT2D eigenvalue weighted by Gasteiger charge is -2.45. The number of aromatic nitrogens is 2. The molecule has 2 aromatic carbocycles. The lowest BCUT2D eigenvalue weighted by Crippen LogP contribution is -2.59. The third-order valence-electron chi connectivity index (χ3n) is 7.66. The smallest absolute Gasteiger partial charge is 0.417 e. The van der Waals surface area contributed by atoms with E-state index in [9.17, 15) is 27.2 Å². The van der Waals surface area contributed by atoms with Gasteiger partial charge in [0.15, 0.2) is 0 Å². The molecule has 0 bridgehead atoms. The zero-order chi connectivity index (χ0) is 32.3. The zero-order valence-electron chi connectivity index (χ0n) is 25.1. The lowest BCUT2D eigenvalue weighted by molar-refractivity contribution is -0.137. The van der Waals surface area contributed by atoms with Gasteiger partial charge < -0.3 is 14.4 Å². The highest BCUT2D eigenvalue weighted by Crippen LogP contribution is 2.49. The second kappa shape index (κ2) is 11.5. The van der Waals surface area contributed by atoms with Crippen molar-refractivity contribution in [2.45, 2.75) is 76.0 Å². The fourth-order valence-corrected chi connectivity index (χ4v) is 7.19. The maximum atomic E-state index is 15.2. The lowest BCUT2D eigenvalue weighted by atomic mass is 9.95. The van der Waals surface area contributed by atoms with E-state index < -0.39 is 70.1 Å². The van der Waals surface area contributed by atoms with Gasteiger partial charge in [-0.3, -0.25) is 9.47 Å². The standard InChI is InChI=1S/C30H33F5N4O4S/c1-15-11-37(12-16(2)39(15)28(41)43-29(3,4)5)26-20-10-21(30(33,34)35)23(19-8-7-17(31)9-22(19)32)25-24(20)38(27(40)36-26)13-18(42-6)14-44-25/h7-10,15-16,18H,11-14H2,1-6H3/t15-,16+,18-/m0/s1. The van der Waals surface area contributed by atoms with Gasteiger partial charge >= 0.3 is 18.0 Å². The Bertz CT molecular complexity index is 1660. The number of amides is 1. The third-order valence-corrected chi connectivity index (χ3v) is 8.88. The van der Waals surface area contributed by atoms with E-state index in [2.05, 4.69) is 4.98 Å². The van der Waals surface area contributed by atoms with Crippen molar-refractivity contribution in [3.05, 3.63) is 51.9 Å². The number of rotatable bonds is 3. The molecule has 0 spiro atoms. The summed E-state index contributed by atoms with van der Waals surface area (Å²) in [5.41, 5.74) is -3.35. The van der Waals surface area contributed by atoms with Crippen molar-refractivity contribution in [1.29, 1.82) is 0 Å². The number of hydrogen-bond donors (Lipinski definition) is 0. The average molecular weight is 641 g/mol. The number of methoxy groups -OCH3 is 1. The van der Waals surface area contributed by atoms with E-state index in [0.29, 0.717) is 6.07 Å². The van der Waals surface area contributed by atoms with Crippen molar-refractivity contribution >= 4 is 34.6 Å². The van der Waals surface area contributed by atoms with Crippen LogP contribution in [0, 0.1) is 11.6 Å². The molecule has 1 fully saturated rings. The number of anilines is 1. The van der Waals surface area contributed by atoms with Crippen molar-refractivity contribution in [3.63, 3.8) is 0 Å². The Morgan fingerprint density at radius 3 is 2.27 bits per heavy atom. The van der Waals surface area contributed by atoms with Gasteiger partial charge in [-0.1, -0.05) is 0 Å². The Balaban J connectivity index is 1.75. The van der Waals surface area contributed by atoms with E-state index in [0.717, 1.165) is 30.0 Å². The van der Waals surface area contributed by atoms with Gasteiger partial charge in [0.05, 0.1) is 35.8 Å². The van der Waals surface area contributed by atoms with Crippen molar-refractivity contribution in [2.24, 2.45) is 0 Å². The van der Waals surface area contributed by atoms with E-state index in [1.807, 2.05) is 0 Å². The largest absolute Gasteiger partial charge is 0.444 e. The molecule has 3 atom stereocenters. The molecule has 2 aliphatic heterocycles. The number of nitrogens with zero attached hydrogens (tertiary/aromatic N) is 4. The van der Waals surface area contributed by atoms with Gasteiger partial charge in [0.25, 0.3) is 0 Å². The predicted molar refractivity (Wildman–Crippen MR) is 157 cm³/mol. The maximum absolute atomic E-state index is 15.2. The number of hydrogen-bond acceptors (Lipinski definition) is 7. The predicted octanol–water partition coefficient (Wildman–Crippen LogP) is 6.32. The second-order valence-corrected chi connectivity index (χ2v) is 13.2. The molecule has 1 amide bonds. The molecule has 3 aromatic rings. The van der Waals surface area contributed by atoms with Gasteiger partial charge in [-0.15, -0.1) is 11.8 Å². The van der Waals surface area contributed by atoms with Crippen molar-refractivity contribution in [1.82, 2.24) is 14.5 Å². The molecule has 5 rings (SSSR count). The summed E-state index contributed by atoms with van der Waals surface area (Å²) in [6.07, 6.45) is -6.02. The van der Waals surface area contributed by atoms with Crippen LogP contribution in [0.2, 0.25) is 0 Å². The minimum absolute atomic E-state index is 0.00897. The number of thioether (sulfide) groups is 1. The van der Waals surface area contributed by atoms with Crippen LogP contribution < -0.4 is 10.6 Å². The second-order valence-electron chi connectivity index (χ2n) is 12.1. The zero-order valence-corrected chi connectivity index (χ0v) is 25.9. The fraction of sp³-hybridized carbons (Fsp3) is 0.500. The van der Waals surface area contributed by atoms with Crippen LogP contribution in [0.5, 0.6) is 0 Å². The van der Waals surface area contributed by atoms with Crippen LogP contribution in [0.3, 0.4) is 0 Å². The van der Waals surface area contributed by atoms with E-state index >= 15 is 4.39 Å². The summed E-state index contributed by atoms with van der Waals surface area (Å²) >= 11 is 1.01. The molecule has 2 aliphatic rings. The summed E-state index contributed by atoms with van der Waals surface area (Å²) in [5.74, 6) is -1.90. The first-order valence-corrected chi connectivity index (χ1v) is 15.0. The molecular formula is C30H33F5N4O4S. The topological polar surface area (TPSA) is 76.9 Å². The fourth-order valence-electron chi connectivity index (χ4n) is 5.87. The normalized spacial score (nSPS) is 21.0. The Morgan fingerprint density at radius 1 is 1.05 bits per heavy atom. The van der Waals surface area contributed by atoms with Crippen molar-refractivity contribution in [3.8, 4) is 11.1 Å². The van der Waals surface area contributed by atoms with Crippen LogP contribution in [0.4, 0.5) is 32.6 Å². The van der Waals surface area contributed by atoms with Gasteiger partial charge in [0.2, 0.25) is 0 Å². The van der Waals surface area contributed by atoms with Gasteiger partial charge in [-0.2, -0.15) is 18.2 Å². The first-order chi connectivity index (χ1) is 20.5. The van der Waals surface area contributed by atoms with Crippen molar-refractivity contribution in [2.75, 3.05) is 30.9 Å². The number of ether oxygens (including phenoxy) is 2. The number of carbonyl (C=O) groups is 1. The van der Waals surface area contributed by atoms with Crippen LogP contribution >= 0.6 is 11.8 Å². The summed E-state index contributed by atoms with van der Waals surface area (Å²) in [4.78, 5) is 34.1. The summed E-state index contributed by atoms with van der Waals surface area (Å²) in [7, 11) is 1.43. The SMILES string of the molecule is CO[C@@H]1CSc2c(-c3ccc(F)cc3F)c(C(F)(F)F)cc3c(N4C[C@@H](C)N(C(=O)OC(C)(C)C)[C@@H](C)C4)nc(=O)n(c23)C1. The van der Waals surface area contributed by atoms with Gasteiger partial charge in [-0.25, -0.2) is 18.4 Å². The minimum atomic E-state index is -4.94. The Kier molecular flexibility index (Phi) is 8.38. The summed E-state index contributed by atoms with van der Waals surface area (Å²) in [6, 6.07) is 2.41. The molecule has 238 valence electrons. The highest BCUT2D eigenvalue weighted by atomic mass is 32.2.